The molecule has 1 aromatic heterocycles. The molecule has 2 aromatic rings. The fraction of sp³-hybridized carbons (Fsp3) is 0.444. The molecule has 0 saturated carbocycles. The van der Waals surface area contributed by atoms with Gasteiger partial charge in [0.2, 0.25) is 5.89 Å². The summed E-state index contributed by atoms with van der Waals surface area (Å²) >= 11 is 0. The summed E-state index contributed by atoms with van der Waals surface area (Å²) in [5.74, 6) is 1.84. The van der Waals surface area contributed by atoms with E-state index < -0.39 is 0 Å². The van der Waals surface area contributed by atoms with Crippen LogP contribution in [-0.4, -0.2) is 17.5 Å². The number of halogens is 1. The van der Waals surface area contributed by atoms with Crippen LogP contribution in [0.5, 0.6) is 0 Å². The minimum atomic E-state index is -0.254. The van der Waals surface area contributed by atoms with E-state index in [0.29, 0.717) is 24.9 Å². The van der Waals surface area contributed by atoms with Crippen molar-refractivity contribution in [2.24, 2.45) is 4.99 Å². The Bertz CT molecular complexity index is 688. The van der Waals surface area contributed by atoms with Crippen molar-refractivity contribution in [1.29, 1.82) is 0 Å². The average molecular weight is 332 g/mol. The lowest BCUT2D eigenvalue weighted by atomic mass is 9.94. The molecule has 0 fully saturated rings. The predicted molar refractivity (Wildman–Crippen MR) is 93.3 cm³/mol. The fourth-order valence-corrected chi connectivity index (χ4v) is 2.05. The monoisotopic (exact) mass is 332 g/mol. The number of guanidine groups is 1. The second-order valence-corrected chi connectivity index (χ2v) is 6.55. The highest BCUT2D eigenvalue weighted by molar-refractivity contribution is 5.79. The highest BCUT2D eigenvalue weighted by Gasteiger charge is 2.19. The minimum absolute atomic E-state index is 0.0682. The maximum Gasteiger partial charge on any atom is 0.213 e. The number of hydrogen-bond acceptors (Lipinski definition) is 3. The number of aromatic nitrogens is 1. The van der Waals surface area contributed by atoms with E-state index >= 15 is 0 Å². The Balaban J connectivity index is 1.98. The van der Waals surface area contributed by atoms with Crippen molar-refractivity contribution in [3.8, 4) is 0 Å². The van der Waals surface area contributed by atoms with E-state index in [1.54, 1.807) is 12.3 Å². The molecule has 24 heavy (non-hydrogen) atoms. The van der Waals surface area contributed by atoms with Gasteiger partial charge in [-0.05, 0) is 24.6 Å². The van der Waals surface area contributed by atoms with Gasteiger partial charge >= 0.3 is 0 Å². The third kappa shape index (κ3) is 5.37. The molecule has 0 amide bonds. The van der Waals surface area contributed by atoms with Crippen LogP contribution in [-0.2, 0) is 18.5 Å². The molecule has 2 rings (SSSR count). The van der Waals surface area contributed by atoms with E-state index in [9.17, 15) is 4.39 Å². The topological polar surface area (TPSA) is 62.5 Å². The number of aliphatic imine (C=N–C) groups is 1. The molecule has 5 nitrogen and oxygen atoms in total. The Morgan fingerprint density at radius 3 is 2.71 bits per heavy atom. The van der Waals surface area contributed by atoms with Gasteiger partial charge in [0, 0.05) is 12.0 Å². The van der Waals surface area contributed by atoms with Crippen LogP contribution < -0.4 is 10.6 Å². The van der Waals surface area contributed by atoms with Crippen LogP contribution in [0.2, 0.25) is 0 Å². The summed E-state index contributed by atoms with van der Waals surface area (Å²) in [6, 6.07) is 6.43. The lowest BCUT2D eigenvalue weighted by Crippen LogP contribution is -2.36. The van der Waals surface area contributed by atoms with Gasteiger partial charge in [0.05, 0.1) is 19.3 Å². The second kappa shape index (κ2) is 7.95. The van der Waals surface area contributed by atoms with Gasteiger partial charge in [-0.3, -0.25) is 0 Å². The Morgan fingerprint density at radius 1 is 1.29 bits per heavy atom. The van der Waals surface area contributed by atoms with E-state index in [-0.39, 0.29) is 11.2 Å². The van der Waals surface area contributed by atoms with Crippen molar-refractivity contribution in [2.45, 2.75) is 46.2 Å². The number of oxazole rings is 1. The van der Waals surface area contributed by atoms with Crippen molar-refractivity contribution < 1.29 is 8.81 Å². The first-order valence-electron chi connectivity index (χ1n) is 8.10. The summed E-state index contributed by atoms with van der Waals surface area (Å²) in [6.07, 6.45) is 1.76. The molecule has 130 valence electrons. The van der Waals surface area contributed by atoms with Crippen molar-refractivity contribution >= 4 is 5.96 Å². The maximum atomic E-state index is 13.2. The first kappa shape index (κ1) is 18.0. The Hall–Kier alpha value is -2.37. The lowest BCUT2D eigenvalue weighted by Gasteiger charge is -2.13. The van der Waals surface area contributed by atoms with Gasteiger partial charge in [-0.2, -0.15) is 0 Å². The van der Waals surface area contributed by atoms with Gasteiger partial charge in [0.25, 0.3) is 0 Å². The van der Waals surface area contributed by atoms with Crippen LogP contribution in [0, 0.1) is 5.82 Å². The maximum absolute atomic E-state index is 13.2. The first-order valence-corrected chi connectivity index (χ1v) is 8.10. The molecule has 1 heterocycles. The minimum Gasteiger partial charge on any atom is -0.443 e. The summed E-state index contributed by atoms with van der Waals surface area (Å²) in [4.78, 5) is 8.74. The van der Waals surface area contributed by atoms with Crippen LogP contribution in [0.3, 0.4) is 0 Å². The zero-order valence-corrected chi connectivity index (χ0v) is 14.7. The van der Waals surface area contributed by atoms with Crippen molar-refractivity contribution in [1.82, 2.24) is 15.6 Å². The molecule has 1 aromatic carbocycles. The number of hydrogen-bond donors (Lipinski definition) is 2. The summed E-state index contributed by atoms with van der Waals surface area (Å²) in [6.45, 7) is 9.78. The highest BCUT2D eigenvalue weighted by Crippen LogP contribution is 2.22. The van der Waals surface area contributed by atoms with Gasteiger partial charge in [0.15, 0.2) is 5.96 Å². The van der Waals surface area contributed by atoms with E-state index in [1.807, 2.05) is 13.0 Å². The van der Waals surface area contributed by atoms with Crippen LogP contribution in [0.15, 0.2) is 39.9 Å². The Kier molecular flexibility index (Phi) is 5.95. The number of rotatable bonds is 5. The zero-order valence-electron chi connectivity index (χ0n) is 14.7. The molecule has 0 bridgehead atoms. The molecule has 0 aliphatic rings. The normalized spacial score (nSPS) is 12.3. The SMILES string of the molecule is CCNC(=NCc1cccc(F)c1)NCc1ncc(C(C)(C)C)o1. The second-order valence-electron chi connectivity index (χ2n) is 6.55. The summed E-state index contributed by atoms with van der Waals surface area (Å²) in [5.41, 5.74) is 0.750. The molecule has 0 aliphatic heterocycles. The Morgan fingerprint density at radius 2 is 2.08 bits per heavy atom. The van der Waals surface area contributed by atoms with Crippen LogP contribution >= 0.6 is 0 Å². The first-order chi connectivity index (χ1) is 11.4. The molecule has 6 heteroatoms. The van der Waals surface area contributed by atoms with Gasteiger partial charge < -0.3 is 15.1 Å². The summed E-state index contributed by atoms with van der Waals surface area (Å²) in [7, 11) is 0. The largest absolute Gasteiger partial charge is 0.443 e. The van der Waals surface area contributed by atoms with Crippen molar-refractivity contribution in [3.05, 3.63) is 53.5 Å². The van der Waals surface area contributed by atoms with Crippen LogP contribution in [0.25, 0.3) is 0 Å². The lowest BCUT2D eigenvalue weighted by molar-refractivity contribution is 0.379. The molecule has 0 unspecified atom stereocenters. The summed E-state index contributed by atoms with van der Waals surface area (Å²) < 4.78 is 19.0. The Labute approximate surface area is 142 Å². The van der Waals surface area contributed by atoms with E-state index in [0.717, 1.165) is 17.9 Å². The standard InChI is InChI=1S/C18H25FN4O/c1-5-20-17(22-10-13-7-6-8-14(19)9-13)23-12-16-21-11-15(24-16)18(2,3)4/h6-9,11H,5,10,12H2,1-4H3,(H2,20,22,23). The smallest absolute Gasteiger partial charge is 0.213 e. The zero-order chi connectivity index (χ0) is 17.6. The quantitative estimate of drug-likeness (QED) is 0.651. The van der Waals surface area contributed by atoms with Gasteiger partial charge in [0.1, 0.15) is 11.6 Å². The van der Waals surface area contributed by atoms with Gasteiger partial charge in [-0.25, -0.2) is 14.4 Å². The van der Waals surface area contributed by atoms with Crippen molar-refractivity contribution in [3.63, 3.8) is 0 Å². The molecule has 0 atom stereocenters. The third-order valence-electron chi connectivity index (χ3n) is 3.35. The molecular formula is C18H25FN4O. The van der Waals surface area contributed by atoms with Gasteiger partial charge in [-0.15, -0.1) is 0 Å². The van der Waals surface area contributed by atoms with E-state index in [1.165, 1.54) is 12.1 Å². The number of nitrogens with one attached hydrogen (secondary N) is 2. The number of nitrogens with zero attached hydrogens (tertiary/aromatic N) is 2. The van der Waals surface area contributed by atoms with E-state index in [4.69, 9.17) is 4.42 Å². The molecular weight excluding hydrogens is 307 g/mol. The molecule has 0 aliphatic carbocycles. The molecule has 0 radical (unpaired) electrons. The van der Waals surface area contributed by atoms with Crippen LogP contribution in [0.1, 0.15) is 44.9 Å². The predicted octanol–water partition coefficient (Wildman–Crippen LogP) is 3.37. The fourth-order valence-electron chi connectivity index (χ4n) is 2.05. The molecule has 0 saturated heterocycles. The van der Waals surface area contributed by atoms with E-state index in [2.05, 4.69) is 41.4 Å². The van der Waals surface area contributed by atoms with Crippen molar-refractivity contribution in [2.75, 3.05) is 6.54 Å². The number of benzene rings is 1. The molecule has 2 N–H and O–H groups in total. The average Bonchev–Trinajstić information content (AvgIpc) is 2.99. The summed E-state index contributed by atoms with van der Waals surface area (Å²) in [5, 5.41) is 6.33. The van der Waals surface area contributed by atoms with Crippen LogP contribution in [0.4, 0.5) is 4.39 Å². The molecule has 0 spiro atoms. The third-order valence-corrected chi connectivity index (χ3v) is 3.35. The van der Waals surface area contributed by atoms with Gasteiger partial charge in [-0.1, -0.05) is 32.9 Å². The highest BCUT2D eigenvalue weighted by atomic mass is 19.1.